The van der Waals surface area contributed by atoms with Gasteiger partial charge in [0.15, 0.2) is 0 Å². The smallest absolute Gasteiger partial charge is 0.265 e. The van der Waals surface area contributed by atoms with Crippen LogP contribution in [0.1, 0.15) is 16.7 Å². The average molecular weight is 478 g/mol. The second kappa shape index (κ2) is 11.0. The van der Waals surface area contributed by atoms with Gasteiger partial charge in [0.05, 0.1) is 18.1 Å². The Hall–Kier alpha value is -2.06. The SMILES string of the molecule is Cc1ccc(OCCOCCOc2ccc(Cl)cc2/C=C2\SC(=S)N(C)C2=O)cc1C. The van der Waals surface area contributed by atoms with E-state index in [-0.39, 0.29) is 5.91 Å². The topological polar surface area (TPSA) is 48.0 Å². The molecule has 1 fully saturated rings. The van der Waals surface area contributed by atoms with Gasteiger partial charge in [-0.3, -0.25) is 9.69 Å². The van der Waals surface area contributed by atoms with Crippen molar-refractivity contribution in [2.45, 2.75) is 13.8 Å². The predicted octanol–water partition coefficient (Wildman–Crippen LogP) is 5.26. The normalized spacial score (nSPS) is 15.1. The Labute approximate surface area is 197 Å². The molecule has 3 rings (SSSR count). The number of hydrogen-bond acceptors (Lipinski definition) is 6. The van der Waals surface area contributed by atoms with Crippen LogP contribution in [0.5, 0.6) is 11.5 Å². The number of carbonyl (C=O) groups excluding carboxylic acids is 1. The highest BCUT2D eigenvalue weighted by Crippen LogP contribution is 2.34. The van der Waals surface area contributed by atoms with E-state index in [0.29, 0.717) is 46.4 Å². The van der Waals surface area contributed by atoms with Crippen molar-refractivity contribution in [2.75, 3.05) is 33.5 Å². The third kappa shape index (κ3) is 6.46. The van der Waals surface area contributed by atoms with Crippen LogP contribution in [-0.4, -0.2) is 48.6 Å². The fourth-order valence-electron chi connectivity index (χ4n) is 2.79. The first-order chi connectivity index (χ1) is 14.8. The zero-order chi connectivity index (χ0) is 22.4. The van der Waals surface area contributed by atoms with E-state index >= 15 is 0 Å². The molecule has 164 valence electrons. The molecule has 8 heteroatoms. The van der Waals surface area contributed by atoms with Gasteiger partial charge < -0.3 is 14.2 Å². The summed E-state index contributed by atoms with van der Waals surface area (Å²) in [6.45, 7) is 5.83. The number of nitrogens with zero attached hydrogens (tertiary/aromatic N) is 1. The second-order valence-corrected chi connectivity index (χ2v) is 9.09. The van der Waals surface area contributed by atoms with E-state index in [4.69, 9.17) is 38.0 Å². The molecule has 0 unspecified atom stereocenters. The molecule has 0 aromatic heterocycles. The number of aryl methyl sites for hydroxylation is 2. The highest BCUT2D eigenvalue weighted by atomic mass is 35.5. The summed E-state index contributed by atoms with van der Waals surface area (Å²) in [5.74, 6) is 1.33. The zero-order valence-corrected chi connectivity index (χ0v) is 20.0. The lowest BCUT2D eigenvalue weighted by Gasteiger charge is -2.11. The van der Waals surface area contributed by atoms with Crippen LogP contribution < -0.4 is 9.47 Å². The molecule has 0 saturated carbocycles. The van der Waals surface area contributed by atoms with Crippen LogP contribution in [0.15, 0.2) is 41.3 Å². The minimum atomic E-state index is -0.131. The van der Waals surface area contributed by atoms with Crippen LogP contribution in [0.4, 0.5) is 0 Å². The fourth-order valence-corrected chi connectivity index (χ4v) is 4.14. The van der Waals surface area contributed by atoms with Gasteiger partial charge in [0.1, 0.15) is 29.0 Å². The minimum absolute atomic E-state index is 0.131. The Morgan fingerprint density at radius 3 is 2.45 bits per heavy atom. The van der Waals surface area contributed by atoms with E-state index < -0.39 is 0 Å². The number of rotatable bonds is 9. The summed E-state index contributed by atoms with van der Waals surface area (Å²) >= 11 is 12.6. The molecule has 0 atom stereocenters. The first-order valence-corrected chi connectivity index (χ1v) is 11.4. The molecule has 31 heavy (non-hydrogen) atoms. The van der Waals surface area contributed by atoms with Gasteiger partial charge in [0.2, 0.25) is 0 Å². The van der Waals surface area contributed by atoms with E-state index in [1.165, 1.54) is 27.8 Å². The summed E-state index contributed by atoms with van der Waals surface area (Å²) in [6.07, 6.45) is 1.75. The second-order valence-electron chi connectivity index (χ2n) is 6.98. The van der Waals surface area contributed by atoms with E-state index in [2.05, 4.69) is 13.8 Å². The third-order valence-electron chi connectivity index (χ3n) is 4.70. The van der Waals surface area contributed by atoms with Crippen molar-refractivity contribution >= 4 is 51.9 Å². The molecule has 1 heterocycles. The van der Waals surface area contributed by atoms with E-state index in [1.807, 2.05) is 18.2 Å². The van der Waals surface area contributed by atoms with Crippen LogP contribution in [-0.2, 0) is 9.53 Å². The average Bonchev–Trinajstić information content (AvgIpc) is 2.98. The maximum Gasteiger partial charge on any atom is 0.265 e. The Morgan fingerprint density at radius 2 is 1.77 bits per heavy atom. The molecule has 0 radical (unpaired) electrons. The molecule has 0 aliphatic carbocycles. The molecule has 2 aromatic carbocycles. The number of likely N-dealkylation sites (N-methyl/N-ethyl adjacent to an activating group) is 1. The van der Waals surface area contributed by atoms with Crippen molar-refractivity contribution in [2.24, 2.45) is 0 Å². The number of amides is 1. The maximum absolute atomic E-state index is 12.3. The van der Waals surface area contributed by atoms with Crippen molar-refractivity contribution in [3.8, 4) is 11.5 Å². The maximum atomic E-state index is 12.3. The van der Waals surface area contributed by atoms with Gasteiger partial charge >= 0.3 is 0 Å². The number of hydrogen-bond donors (Lipinski definition) is 0. The van der Waals surface area contributed by atoms with E-state index in [0.717, 1.165) is 11.3 Å². The van der Waals surface area contributed by atoms with E-state index in [9.17, 15) is 4.79 Å². The van der Waals surface area contributed by atoms with Gasteiger partial charge in [-0.15, -0.1) is 0 Å². The number of thioether (sulfide) groups is 1. The first-order valence-electron chi connectivity index (χ1n) is 9.77. The summed E-state index contributed by atoms with van der Waals surface area (Å²) in [6, 6.07) is 11.3. The Balaban J connectivity index is 1.47. The highest BCUT2D eigenvalue weighted by molar-refractivity contribution is 8.26. The third-order valence-corrected chi connectivity index (χ3v) is 6.42. The Morgan fingerprint density at radius 1 is 1.03 bits per heavy atom. The molecule has 0 bridgehead atoms. The summed E-state index contributed by atoms with van der Waals surface area (Å²) in [7, 11) is 1.66. The molecule has 5 nitrogen and oxygen atoms in total. The lowest BCUT2D eigenvalue weighted by molar-refractivity contribution is -0.121. The first kappa shape index (κ1) is 23.6. The van der Waals surface area contributed by atoms with Crippen LogP contribution >= 0.6 is 35.6 Å². The van der Waals surface area contributed by atoms with Gasteiger partial charge in [-0.05, 0) is 61.4 Å². The number of benzene rings is 2. The van der Waals surface area contributed by atoms with Crippen LogP contribution in [0.3, 0.4) is 0 Å². The van der Waals surface area contributed by atoms with Gasteiger partial charge in [-0.25, -0.2) is 0 Å². The lowest BCUT2D eigenvalue weighted by atomic mass is 10.1. The number of thiocarbonyl (C=S) groups is 1. The lowest BCUT2D eigenvalue weighted by Crippen LogP contribution is -2.22. The summed E-state index contributed by atoms with van der Waals surface area (Å²) in [5.41, 5.74) is 3.16. The molecular weight excluding hydrogens is 454 g/mol. The van der Waals surface area contributed by atoms with Crippen molar-refractivity contribution < 1.29 is 19.0 Å². The molecule has 1 aliphatic rings. The fraction of sp³-hybridized carbons (Fsp3) is 0.304. The number of ether oxygens (including phenoxy) is 3. The van der Waals surface area contributed by atoms with Crippen LogP contribution in [0.25, 0.3) is 6.08 Å². The molecule has 1 amide bonds. The van der Waals surface area contributed by atoms with Gasteiger partial charge in [-0.2, -0.15) is 0 Å². The molecular formula is C23H24ClNO4S2. The van der Waals surface area contributed by atoms with Gasteiger partial charge in [0.25, 0.3) is 5.91 Å². The largest absolute Gasteiger partial charge is 0.491 e. The quantitative estimate of drug-likeness (QED) is 0.279. The Kier molecular flexibility index (Phi) is 8.37. The van der Waals surface area contributed by atoms with Crippen molar-refractivity contribution in [3.05, 3.63) is 63.0 Å². The standard InChI is InChI=1S/C23H24ClNO4S2/c1-15-4-6-19(12-16(15)2)28-10-8-27-9-11-29-20-7-5-18(24)13-17(20)14-21-22(26)25(3)23(30)31-21/h4-7,12-14H,8-11H2,1-3H3/b21-14-. The molecule has 1 aliphatic heterocycles. The molecule has 1 saturated heterocycles. The summed E-state index contributed by atoms with van der Waals surface area (Å²) in [4.78, 5) is 14.2. The van der Waals surface area contributed by atoms with Crippen LogP contribution in [0.2, 0.25) is 5.02 Å². The van der Waals surface area contributed by atoms with Gasteiger partial charge in [0, 0.05) is 17.6 Å². The summed E-state index contributed by atoms with van der Waals surface area (Å²) in [5, 5.41) is 0.560. The zero-order valence-electron chi connectivity index (χ0n) is 17.6. The number of carbonyl (C=O) groups is 1. The minimum Gasteiger partial charge on any atom is -0.491 e. The molecule has 2 aromatic rings. The predicted molar refractivity (Wildman–Crippen MR) is 130 cm³/mol. The van der Waals surface area contributed by atoms with Crippen molar-refractivity contribution in [3.63, 3.8) is 0 Å². The molecule has 0 spiro atoms. The summed E-state index contributed by atoms with van der Waals surface area (Å²) < 4.78 is 17.7. The Bertz CT molecular complexity index is 1010. The van der Waals surface area contributed by atoms with Crippen LogP contribution in [0, 0.1) is 13.8 Å². The molecule has 0 N–H and O–H groups in total. The van der Waals surface area contributed by atoms with E-state index in [1.54, 1.807) is 31.3 Å². The highest BCUT2D eigenvalue weighted by Gasteiger charge is 2.29. The van der Waals surface area contributed by atoms with Crippen molar-refractivity contribution in [1.82, 2.24) is 4.90 Å². The van der Waals surface area contributed by atoms with Gasteiger partial charge in [-0.1, -0.05) is 41.6 Å². The monoisotopic (exact) mass is 477 g/mol. The number of halogens is 1. The van der Waals surface area contributed by atoms with Crippen molar-refractivity contribution in [1.29, 1.82) is 0 Å².